The van der Waals surface area contributed by atoms with E-state index in [1.807, 2.05) is 0 Å². The van der Waals surface area contributed by atoms with E-state index in [0.717, 1.165) is 11.0 Å². The second-order valence-corrected chi connectivity index (χ2v) is 5.47. The monoisotopic (exact) mass is 345 g/mol. The van der Waals surface area contributed by atoms with Crippen molar-refractivity contribution in [2.45, 2.75) is 18.3 Å². The Kier molecular flexibility index (Phi) is 4.93. The smallest absolute Gasteiger partial charge is 0.376 e. The Morgan fingerprint density at radius 1 is 1.30 bits per heavy atom. The number of nitrogens with two attached hydrogens (primary N) is 1. The molecule has 0 aliphatic carbocycles. The van der Waals surface area contributed by atoms with Crippen LogP contribution in [0.15, 0.2) is 48.7 Å². The molecule has 3 nitrogen and oxygen atoms in total. The van der Waals surface area contributed by atoms with Crippen LogP contribution in [0.5, 0.6) is 0 Å². The Bertz CT molecular complexity index is 642. The second-order valence-electron chi connectivity index (χ2n) is 5.03. The molecule has 0 spiro atoms. The van der Waals surface area contributed by atoms with Crippen molar-refractivity contribution < 1.29 is 17.6 Å². The van der Waals surface area contributed by atoms with Crippen molar-refractivity contribution in [1.82, 2.24) is 10.2 Å². The summed E-state index contributed by atoms with van der Waals surface area (Å²) in [6.45, 7) is -0.000579. The van der Waals surface area contributed by atoms with E-state index in [0.29, 0.717) is 5.56 Å². The van der Waals surface area contributed by atoms with Crippen LogP contribution in [-0.4, -0.2) is 28.4 Å². The van der Waals surface area contributed by atoms with E-state index in [1.54, 1.807) is 6.07 Å². The van der Waals surface area contributed by atoms with Gasteiger partial charge in [-0.2, -0.15) is 13.2 Å². The molecule has 0 amide bonds. The van der Waals surface area contributed by atoms with Crippen molar-refractivity contribution in [3.8, 4) is 0 Å². The van der Waals surface area contributed by atoms with Gasteiger partial charge in [0.1, 0.15) is 5.82 Å². The summed E-state index contributed by atoms with van der Waals surface area (Å²) < 4.78 is 54.1. The van der Waals surface area contributed by atoms with Crippen LogP contribution >= 0.6 is 12.2 Å². The van der Waals surface area contributed by atoms with Gasteiger partial charge in [-0.15, -0.1) is 0 Å². The second kappa shape index (κ2) is 6.57. The minimum absolute atomic E-state index is 0.000579. The third-order valence-corrected chi connectivity index (χ3v) is 3.55. The van der Waals surface area contributed by atoms with Gasteiger partial charge in [-0.1, -0.05) is 18.2 Å². The molecule has 23 heavy (non-hydrogen) atoms. The van der Waals surface area contributed by atoms with Crippen molar-refractivity contribution >= 4 is 17.3 Å². The molecule has 0 fully saturated rings. The van der Waals surface area contributed by atoms with Crippen LogP contribution in [0.3, 0.4) is 0 Å². The molecule has 124 valence electrons. The Morgan fingerprint density at radius 2 is 2.04 bits per heavy atom. The molecule has 3 N–H and O–H groups in total. The molecule has 0 bridgehead atoms. The van der Waals surface area contributed by atoms with E-state index in [2.05, 4.69) is 17.5 Å². The maximum Gasteiger partial charge on any atom is 0.434 e. The number of allylic oxidation sites excluding steroid dienone is 2. The molecule has 1 aliphatic heterocycles. The highest BCUT2D eigenvalue weighted by atomic mass is 32.1. The number of nitrogens with zero attached hydrogens (tertiary/aromatic N) is 1. The molecular formula is C15H15F4N3S. The fourth-order valence-corrected chi connectivity index (χ4v) is 2.54. The molecular weight excluding hydrogens is 330 g/mol. The number of thiocarbonyl (C=S) groups is 1. The van der Waals surface area contributed by atoms with Crippen LogP contribution in [0, 0.1) is 5.82 Å². The molecule has 1 aromatic carbocycles. The maximum atomic E-state index is 13.6. The SMILES string of the molecule is NC(=S)NC1(C(F)(F)F)C=CC=CN1CCc1cccc(F)c1. The summed E-state index contributed by atoms with van der Waals surface area (Å²) in [5, 5.41) is 1.67. The lowest BCUT2D eigenvalue weighted by atomic mass is 10.0. The Hall–Kier alpha value is -2.09. The minimum atomic E-state index is -4.65. The van der Waals surface area contributed by atoms with Gasteiger partial charge in [0.2, 0.25) is 5.66 Å². The van der Waals surface area contributed by atoms with E-state index < -0.39 is 22.8 Å². The number of nitrogens with one attached hydrogen (secondary N) is 1. The highest BCUT2D eigenvalue weighted by molar-refractivity contribution is 7.80. The van der Waals surface area contributed by atoms with Crippen LogP contribution in [0.1, 0.15) is 5.56 Å². The molecule has 1 aliphatic rings. The van der Waals surface area contributed by atoms with Gasteiger partial charge in [0, 0.05) is 12.7 Å². The van der Waals surface area contributed by atoms with Gasteiger partial charge in [-0.3, -0.25) is 0 Å². The molecule has 8 heteroatoms. The summed E-state index contributed by atoms with van der Waals surface area (Å²) in [6.07, 6.45) is 0.594. The number of hydrogen-bond acceptors (Lipinski definition) is 2. The molecule has 1 unspecified atom stereocenters. The lowest BCUT2D eigenvalue weighted by Gasteiger charge is -2.44. The Balaban J connectivity index is 2.24. The molecule has 0 aromatic heterocycles. The lowest BCUT2D eigenvalue weighted by molar-refractivity contribution is -0.213. The lowest BCUT2D eigenvalue weighted by Crippen LogP contribution is -2.67. The summed E-state index contributed by atoms with van der Waals surface area (Å²) in [4.78, 5) is 1.05. The zero-order valence-corrected chi connectivity index (χ0v) is 12.8. The number of hydrogen-bond donors (Lipinski definition) is 2. The fourth-order valence-electron chi connectivity index (χ4n) is 2.38. The van der Waals surface area contributed by atoms with Gasteiger partial charge < -0.3 is 16.0 Å². The van der Waals surface area contributed by atoms with Crippen molar-refractivity contribution in [3.63, 3.8) is 0 Å². The highest BCUT2D eigenvalue weighted by Gasteiger charge is 2.57. The van der Waals surface area contributed by atoms with Gasteiger partial charge in [-0.25, -0.2) is 4.39 Å². The van der Waals surface area contributed by atoms with Crippen molar-refractivity contribution in [1.29, 1.82) is 0 Å². The van der Waals surface area contributed by atoms with E-state index in [1.165, 1.54) is 36.6 Å². The number of rotatable bonds is 4. The number of alkyl halides is 3. The van der Waals surface area contributed by atoms with Gasteiger partial charge in [0.25, 0.3) is 0 Å². The summed E-state index contributed by atoms with van der Waals surface area (Å²) in [5.41, 5.74) is 3.36. The highest BCUT2D eigenvalue weighted by Crippen LogP contribution is 2.36. The van der Waals surface area contributed by atoms with Crippen molar-refractivity contribution in [2.75, 3.05) is 6.54 Å². The van der Waals surface area contributed by atoms with E-state index >= 15 is 0 Å². The third kappa shape index (κ3) is 3.82. The van der Waals surface area contributed by atoms with Gasteiger partial charge in [-0.05, 0) is 48.5 Å². The minimum Gasteiger partial charge on any atom is -0.376 e. The quantitative estimate of drug-likeness (QED) is 0.650. The maximum absolute atomic E-state index is 13.6. The Morgan fingerprint density at radius 3 is 2.65 bits per heavy atom. The molecule has 0 radical (unpaired) electrons. The van der Waals surface area contributed by atoms with Crippen LogP contribution in [-0.2, 0) is 6.42 Å². The average molecular weight is 345 g/mol. The van der Waals surface area contributed by atoms with Crippen molar-refractivity contribution in [2.24, 2.45) is 5.73 Å². The van der Waals surface area contributed by atoms with Gasteiger partial charge in [0.05, 0.1) is 0 Å². The standard InChI is InChI=1S/C15H15F4N3S/c16-12-5-3-4-11(10-12)6-9-22-8-2-1-7-14(22,15(17,18)19)21-13(20)23/h1-5,7-8,10H,6,9H2,(H3,20,21,23). The molecule has 2 rings (SSSR count). The summed E-state index contributed by atoms with van der Waals surface area (Å²) in [6, 6.07) is 5.74. The normalized spacial score (nSPS) is 20.6. The third-order valence-electron chi connectivity index (χ3n) is 3.44. The summed E-state index contributed by atoms with van der Waals surface area (Å²) in [5.74, 6) is -0.431. The van der Waals surface area contributed by atoms with E-state index in [9.17, 15) is 17.6 Å². The number of halogens is 4. The van der Waals surface area contributed by atoms with Crippen molar-refractivity contribution in [3.05, 3.63) is 60.1 Å². The average Bonchev–Trinajstić information content (AvgIpc) is 2.44. The molecule has 1 heterocycles. The largest absolute Gasteiger partial charge is 0.434 e. The first-order chi connectivity index (χ1) is 10.7. The molecule has 1 atom stereocenters. The van der Waals surface area contributed by atoms with Crippen LogP contribution < -0.4 is 11.1 Å². The zero-order chi connectivity index (χ0) is 17.1. The first kappa shape index (κ1) is 17.3. The molecule has 1 aromatic rings. The van der Waals surface area contributed by atoms with E-state index in [-0.39, 0.29) is 13.0 Å². The van der Waals surface area contributed by atoms with Crippen LogP contribution in [0.25, 0.3) is 0 Å². The van der Waals surface area contributed by atoms with Crippen LogP contribution in [0.2, 0.25) is 0 Å². The fraction of sp³-hybridized carbons (Fsp3) is 0.267. The summed E-state index contributed by atoms with van der Waals surface area (Å²) in [7, 11) is 0. The topological polar surface area (TPSA) is 41.3 Å². The predicted molar refractivity (Wildman–Crippen MR) is 83.8 cm³/mol. The van der Waals surface area contributed by atoms with Crippen LogP contribution in [0.4, 0.5) is 17.6 Å². The summed E-state index contributed by atoms with van der Waals surface area (Å²) >= 11 is 4.60. The zero-order valence-electron chi connectivity index (χ0n) is 12.0. The Labute approximate surface area is 136 Å². The molecule has 0 saturated heterocycles. The van der Waals surface area contributed by atoms with E-state index in [4.69, 9.17) is 5.73 Å². The first-order valence-corrected chi connectivity index (χ1v) is 7.17. The predicted octanol–water partition coefficient (Wildman–Crippen LogP) is 2.85. The van der Waals surface area contributed by atoms with Gasteiger partial charge in [0.15, 0.2) is 5.11 Å². The molecule has 0 saturated carbocycles. The van der Waals surface area contributed by atoms with Gasteiger partial charge >= 0.3 is 6.18 Å². The number of benzene rings is 1. The first-order valence-electron chi connectivity index (χ1n) is 6.76.